The predicted molar refractivity (Wildman–Crippen MR) is 88.0 cm³/mol. The summed E-state index contributed by atoms with van der Waals surface area (Å²) < 4.78 is 1.97. The number of para-hydroxylation sites is 1. The van der Waals surface area contributed by atoms with Crippen LogP contribution in [0.25, 0.3) is 10.2 Å². The van der Waals surface area contributed by atoms with Gasteiger partial charge in [0.05, 0.1) is 21.2 Å². The van der Waals surface area contributed by atoms with Crippen molar-refractivity contribution < 1.29 is 9.59 Å². The van der Waals surface area contributed by atoms with E-state index in [0.29, 0.717) is 5.17 Å². The number of carbonyl (C=O) groups excluding carboxylic acids is 2. The molecule has 8 heteroatoms. The summed E-state index contributed by atoms with van der Waals surface area (Å²) in [6.07, 6.45) is 0. The lowest BCUT2D eigenvalue weighted by atomic mass is 10.3. The number of hydrogen-bond donors (Lipinski definition) is 1. The zero-order valence-electron chi connectivity index (χ0n) is 11.0. The van der Waals surface area contributed by atoms with Crippen LogP contribution in [0.2, 0.25) is 0 Å². The Bertz CT molecular complexity index is 708. The molecule has 0 saturated carbocycles. The first-order valence-electron chi connectivity index (χ1n) is 6.19. The van der Waals surface area contributed by atoms with E-state index < -0.39 is 0 Å². The van der Waals surface area contributed by atoms with Crippen molar-refractivity contribution >= 4 is 62.1 Å². The Kier molecular flexibility index (Phi) is 4.27. The number of thioether (sulfide) groups is 2. The summed E-state index contributed by atoms with van der Waals surface area (Å²) in [5, 5.41) is 2.83. The number of carbonyl (C=O) groups is 2. The van der Waals surface area contributed by atoms with Gasteiger partial charge in [0.1, 0.15) is 0 Å². The molecule has 0 radical (unpaired) electrons. The Morgan fingerprint density at radius 2 is 2.24 bits per heavy atom. The standard InChI is InChI=1S/C13H11N3O2S3/c1-7-11(18)16-12(20-7)15-10(17)6-19-13-14-8-4-2-3-5-9(8)21-13/h2-5,7H,6H2,1H3,(H,15,16,17,18)/t7-/m1/s1. The molecule has 5 nitrogen and oxygen atoms in total. The van der Waals surface area contributed by atoms with Crippen LogP contribution in [-0.2, 0) is 9.59 Å². The molecule has 0 spiro atoms. The lowest BCUT2D eigenvalue weighted by Crippen LogP contribution is -2.29. The maximum atomic E-state index is 11.8. The smallest absolute Gasteiger partial charge is 0.261 e. The number of benzene rings is 1. The van der Waals surface area contributed by atoms with Crippen molar-refractivity contribution in [2.45, 2.75) is 16.5 Å². The van der Waals surface area contributed by atoms with Crippen molar-refractivity contribution in [3.63, 3.8) is 0 Å². The fourth-order valence-corrected chi connectivity index (χ4v) is 4.36. The molecule has 2 heterocycles. The first kappa shape index (κ1) is 14.6. The van der Waals surface area contributed by atoms with E-state index in [1.54, 1.807) is 18.3 Å². The topological polar surface area (TPSA) is 71.4 Å². The Morgan fingerprint density at radius 1 is 1.43 bits per heavy atom. The van der Waals surface area contributed by atoms with Crippen LogP contribution < -0.4 is 5.32 Å². The molecule has 0 fully saturated rings. The highest BCUT2D eigenvalue weighted by atomic mass is 32.2. The highest BCUT2D eigenvalue weighted by molar-refractivity contribution is 8.15. The summed E-state index contributed by atoms with van der Waals surface area (Å²) in [6, 6.07) is 7.87. The van der Waals surface area contributed by atoms with Crippen LogP contribution in [0.1, 0.15) is 6.92 Å². The largest absolute Gasteiger partial charge is 0.304 e. The third-order valence-corrected chi connectivity index (χ3v) is 5.85. The maximum absolute atomic E-state index is 11.8. The van der Waals surface area contributed by atoms with E-state index in [2.05, 4.69) is 15.3 Å². The highest BCUT2D eigenvalue weighted by Gasteiger charge is 2.25. The van der Waals surface area contributed by atoms with Crippen LogP contribution in [0.4, 0.5) is 0 Å². The zero-order valence-corrected chi connectivity index (χ0v) is 13.5. The van der Waals surface area contributed by atoms with Crippen molar-refractivity contribution in [1.29, 1.82) is 0 Å². The molecule has 0 saturated heterocycles. The minimum absolute atomic E-state index is 0.174. The normalized spacial score (nSPS) is 18.0. The molecule has 1 atom stereocenters. The van der Waals surface area contributed by atoms with Crippen molar-refractivity contribution in [2.24, 2.45) is 4.99 Å². The molecular weight excluding hydrogens is 326 g/mol. The molecule has 0 bridgehead atoms. The van der Waals surface area contributed by atoms with E-state index in [0.717, 1.165) is 14.6 Å². The SMILES string of the molecule is C[C@H]1SC(NC(=O)CSc2nc3ccccc3s2)=NC1=O. The molecule has 3 rings (SSSR count). The first-order valence-corrected chi connectivity index (χ1v) is 8.87. The van der Waals surface area contributed by atoms with Gasteiger partial charge in [0.2, 0.25) is 5.91 Å². The summed E-state index contributed by atoms with van der Waals surface area (Å²) >= 11 is 4.22. The Balaban J connectivity index is 1.56. The Hall–Kier alpha value is -1.38. The molecule has 1 aromatic heterocycles. The molecule has 0 aliphatic carbocycles. The lowest BCUT2D eigenvalue weighted by molar-refractivity contribution is -0.117. The van der Waals surface area contributed by atoms with Crippen molar-refractivity contribution in [3.05, 3.63) is 24.3 Å². The number of hydrogen-bond acceptors (Lipinski definition) is 6. The van der Waals surface area contributed by atoms with Gasteiger partial charge in [-0.2, -0.15) is 4.99 Å². The number of amidine groups is 1. The molecule has 1 aliphatic heterocycles. The molecule has 1 aromatic carbocycles. The minimum Gasteiger partial charge on any atom is -0.304 e. The molecule has 21 heavy (non-hydrogen) atoms. The fraction of sp³-hybridized carbons (Fsp3) is 0.231. The quantitative estimate of drug-likeness (QED) is 0.872. The van der Waals surface area contributed by atoms with Crippen LogP contribution in [0.5, 0.6) is 0 Å². The summed E-state index contributed by atoms with van der Waals surface area (Å²) in [5.74, 6) is -0.122. The number of amides is 2. The number of thiazole rings is 1. The average Bonchev–Trinajstić information content (AvgIpc) is 3.00. The second-order valence-electron chi connectivity index (χ2n) is 4.30. The Morgan fingerprint density at radius 3 is 2.95 bits per heavy atom. The third-order valence-electron chi connectivity index (χ3n) is 2.70. The van der Waals surface area contributed by atoms with Gasteiger partial charge in [-0.1, -0.05) is 35.7 Å². The van der Waals surface area contributed by atoms with Crippen LogP contribution in [0.3, 0.4) is 0 Å². The van der Waals surface area contributed by atoms with E-state index in [9.17, 15) is 9.59 Å². The third kappa shape index (κ3) is 3.45. The predicted octanol–water partition coefficient (Wildman–Crippen LogP) is 2.52. The van der Waals surface area contributed by atoms with Gasteiger partial charge in [-0.15, -0.1) is 11.3 Å². The number of fused-ring (bicyclic) bond motifs is 1. The molecule has 108 valence electrons. The Labute approximate surface area is 133 Å². The van der Waals surface area contributed by atoms with E-state index in [-0.39, 0.29) is 22.8 Å². The zero-order chi connectivity index (χ0) is 14.8. The number of nitrogens with one attached hydrogen (secondary N) is 1. The van der Waals surface area contributed by atoms with E-state index in [1.807, 2.05) is 24.3 Å². The summed E-state index contributed by atoms with van der Waals surface area (Å²) in [7, 11) is 0. The molecule has 1 N–H and O–H groups in total. The minimum atomic E-state index is -0.211. The van der Waals surface area contributed by atoms with Crippen LogP contribution in [-0.4, -0.2) is 33.0 Å². The van der Waals surface area contributed by atoms with Gasteiger partial charge in [-0.3, -0.25) is 9.59 Å². The second-order valence-corrected chi connectivity index (χ2v) is 7.88. The van der Waals surface area contributed by atoms with Crippen molar-refractivity contribution in [2.75, 3.05) is 5.75 Å². The van der Waals surface area contributed by atoms with E-state index >= 15 is 0 Å². The number of aliphatic imine (C=N–C) groups is 1. The molecule has 0 unspecified atom stereocenters. The highest BCUT2D eigenvalue weighted by Crippen LogP contribution is 2.29. The van der Waals surface area contributed by atoms with Gasteiger partial charge in [-0.25, -0.2) is 4.98 Å². The molecule has 2 aromatic rings. The van der Waals surface area contributed by atoms with Gasteiger partial charge in [-0.05, 0) is 19.1 Å². The van der Waals surface area contributed by atoms with Gasteiger partial charge in [0, 0.05) is 0 Å². The fourth-order valence-electron chi connectivity index (χ4n) is 1.69. The van der Waals surface area contributed by atoms with E-state index in [1.165, 1.54) is 23.5 Å². The van der Waals surface area contributed by atoms with Crippen LogP contribution in [0, 0.1) is 0 Å². The van der Waals surface area contributed by atoms with Gasteiger partial charge >= 0.3 is 0 Å². The average molecular weight is 337 g/mol. The summed E-state index contributed by atoms with van der Waals surface area (Å²) in [4.78, 5) is 31.4. The lowest BCUT2D eigenvalue weighted by Gasteiger charge is -2.02. The molecule has 2 amide bonds. The maximum Gasteiger partial charge on any atom is 0.261 e. The number of nitrogens with zero attached hydrogens (tertiary/aromatic N) is 2. The number of aromatic nitrogens is 1. The molecular formula is C13H11N3O2S3. The molecule has 1 aliphatic rings. The first-order chi connectivity index (χ1) is 10.1. The van der Waals surface area contributed by atoms with Crippen molar-refractivity contribution in [1.82, 2.24) is 10.3 Å². The second kappa shape index (κ2) is 6.17. The van der Waals surface area contributed by atoms with E-state index in [4.69, 9.17) is 0 Å². The van der Waals surface area contributed by atoms with Gasteiger partial charge in [0.15, 0.2) is 9.51 Å². The van der Waals surface area contributed by atoms with Gasteiger partial charge < -0.3 is 5.32 Å². The monoisotopic (exact) mass is 337 g/mol. The number of rotatable bonds is 3. The van der Waals surface area contributed by atoms with Crippen LogP contribution >= 0.6 is 34.9 Å². The van der Waals surface area contributed by atoms with Crippen LogP contribution in [0.15, 0.2) is 33.6 Å². The van der Waals surface area contributed by atoms with Crippen molar-refractivity contribution in [3.8, 4) is 0 Å². The van der Waals surface area contributed by atoms with Gasteiger partial charge in [0.25, 0.3) is 5.91 Å². The summed E-state index contributed by atoms with van der Waals surface area (Å²) in [6.45, 7) is 1.77. The summed E-state index contributed by atoms with van der Waals surface area (Å²) in [5.41, 5.74) is 0.945.